The van der Waals surface area contributed by atoms with Crippen LogP contribution in [0, 0.1) is 6.92 Å². The predicted octanol–water partition coefficient (Wildman–Crippen LogP) is 4.07. The van der Waals surface area contributed by atoms with Crippen LogP contribution in [-0.2, 0) is 6.54 Å². The van der Waals surface area contributed by atoms with Gasteiger partial charge >= 0.3 is 0 Å². The predicted molar refractivity (Wildman–Crippen MR) is 83.0 cm³/mol. The number of anilines is 1. The Morgan fingerprint density at radius 2 is 1.80 bits per heavy atom. The molecule has 0 bridgehead atoms. The molecular formula is C17H16N3. The number of aromatic nitrogens is 1. The Kier molecular flexibility index (Phi) is 3.25. The molecule has 3 nitrogen and oxygen atoms in total. The first-order chi connectivity index (χ1) is 9.72. The Hall–Kier alpha value is -2.55. The molecular weight excluding hydrogens is 246 g/mol. The molecule has 0 saturated carbocycles. The summed E-state index contributed by atoms with van der Waals surface area (Å²) >= 11 is 0. The van der Waals surface area contributed by atoms with E-state index in [-0.39, 0.29) is 0 Å². The molecule has 0 saturated heterocycles. The van der Waals surface area contributed by atoms with Gasteiger partial charge in [0.15, 0.2) is 0 Å². The van der Waals surface area contributed by atoms with Gasteiger partial charge in [0.2, 0.25) is 0 Å². The van der Waals surface area contributed by atoms with Crippen LogP contribution in [0.15, 0.2) is 54.6 Å². The second kappa shape index (κ2) is 5.21. The Morgan fingerprint density at radius 1 is 1.05 bits per heavy atom. The van der Waals surface area contributed by atoms with Crippen molar-refractivity contribution in [3.05, 3.63) is 65.9 Å². The quantitative estimate of drug-likeness (QED) is 0.773. The smallest absolute Gasteiger partial charge is 0.0708 e. The minimum absolute atomic E-state index is 0.528. The number of para-hydroxylation sites is 1. The fourth-order valence-corrected chi connectivity index (χ4v) is 2.33. The molecule has 0 atom stereocenters. The summed E-state index contributed by atoms with van der Waals surface area (Å²) in [5.74, 6) is 0. The van der Waals surface area contributed by atoms with Gasteiger partial charge in [-0.05, 0) is 48.9 Å². The standard InChI is InChI=1S/C17H16N3/c1-12-10-13(16-4-2-3-5-17(16)20-12)11-19-15-8-6-14(18)7-9-15/h2-10,18-19H,11H2,1H3. The number of nitrogens with zero attached hydrogens (tertiary/aromatic N) is 1. The van der Waals surface area contributed by atoms with Crippen molar-refractivity contribution in [2.24, 2.45) is 0 Å². The van der Waals surface area contributed by atoms with Crippen molar-refractivity contribution in [2.75, 3.05) is 5.32 Å². The zero-order valence-electron chi connectivity index (χ0n) is 11.4. The molecule has 1 aromatic heterocycles. The van der Waals surface area contributed by atoms with Crippen molar-refractivity contribution in [2.45, 2.75) is 13.5 Å². The third kappa shape index (κ3) is 2.57. The van der Waals surface area contributed by atoms with Gasteiger partial charge in [0.05, 0.1) is 11.2 Å². The molecule has 3 heteroatoms. The Bertz CT molecular complexity index is 733. The monoisotopic (exact) mass is 262 g/mol. The van der Waals surface area contributed by atoms with Crippen LogP contribution in [0.3, 0.4) is 0 Å². The summed E-state index contributed by atoms with van der Waals surface area (Å²) in [6.07, 6.45) is 0. The molecule has 0 unspecified atom stereocenters. The maximum Gasteiger partial charge on any atom is 0.0708 e. The maximum absolute atomic E-state index is 7.49. The first kappa shape index (κ1) is 12.5. The van der Waals surface area contributed by atoms with Gasteiger partial charge < -0.3 is 11.1 Å². The van der Waals surface area contributed by atoms with Crippen LogP contribution >= 0.6 is 0 Å². The Balaban J connectivity index is 1.88. The third-order valence-electron chi connectivity index (χ3n) is 3.30. The van der Waals surface area contributed by atoms with Gasteiger partial charge in [-0.25, -0.2) is 0 Å². The van der Waals surface area contributed by atoms with Crippen LogP contribution in [-0.4, -0.2) is 4.98 Å². The lowest BCUT2D eigenvalue weighted by atomic mass is 10.1. The largest absolute Gasteiger partial charge is 0.381 e. The fraction of sp³-hybridized carbons (Fsp3) is 0.118. The number of aryl methyl sites for hydroxylation is 1. The van der Waals surface area contributed by atoms with Gasteiger partial charge in [-0.15, -0.1) is 0 Å². The van der Waals surface area contributed by atoms with E-state index in [1.807, 2.05) is 37.3 Å². The molecule has 0 aliphatic rings. The first-order valence-electron chi connectivity index (χ1n) is 6.63. The second-order valence-corrected chi connectivity index (χ2v) is 4.87. The van der Waals surface area contributed by atoms with Gasteiger partial charge in [-0.1, -0.05) is 18.2 Å². The van der Waals surface area contributed by atoms with E-state index in [4.69, 9.17) is 5.73 Å². The van der Waals surface area contributed by atoms with Gasteiger partial charge in [0, 0.05) is 23.3 Å². The number of hydrogen-bond donors (Lipinski definition) is 1. The Labute approximate surface area is 118 Å². The lowest BCUT2D eigenvalue weighted by molar-refractivity contribution is 1.13. The summed E-state index contributed by atoms with van der Waals surface area (Å²) in [7, 11) is 0. The summed E-state index contributed by atoms with van der Waals surface area (Å²) in [6.45, 7) is 2.77. The highest BCUT2D eigenvalue weighted by Gasteiger charge is 2.03. The molecule has 0 aliphatic carbocycles. The highest BCUT2D eigenvalue weighted by atomic mass is 14.9. The number of hydrogen-bond acceptors (Lipinski definition) is 2. The van der Waals surface area contributed by atoms with Crippen molar-refractivity contribution in [1.82, 2.24) is 10.7 Å². The molecule has 2 aromatic carbocycles. The average Bonchev–Trinajstić information content (AvgIpc) is 2.46. The van der Waals surface area contributed by atoms with Crippen molar-refractivity contribution >= 4 is 22.3 Å². The molecule has 0 fully saturated rings. The minimum atomic E-state index is 0.528. The molecule has 1 radical (unpaired) electrons. The summed E-state index contributed by atoms with van der Waals surface area (Å²) in [4.78, 5) is 4.55. The van der Waals surface area contributed by atoms with E-state index < -0.39 is 0 Å². The molecule has 3 rings (SSSR count). The zero-order chi connectivity index (χ0) is 13.9. The molecule has 99 valence electrons. The number of nitrogens with one attached hydrogen (secondary N) is 2. The number of benzene rings is 2. The summed E-state index contributed by atoms with van der Waals surface area (Å²) in [5.41, 5.74) is 12.3. The molecule has 20 heavy (non-hydrogen) atoms. The summed E-state index contributed by atoms with van der Waals surface area (Å²) < 4.78 is 0. The van der Waals surface area contributed by atoms with E-state index in [1.165, 1.54) is 10.9 Å². The van der Waals surface area contributed by atoms with Gasteiger partial charge in [0.1, 0.15) is 0 Å². The molecule has 0 aliphatic heterocycles. The minimum Gasteiger partial charge on any atom is -0.381 e. The first-order valence-corrected chi connectivity index (χ1v) is 6.63. The normalized spacial score (nSPS) is 10.7. The fourth-order valence-electron chi connectivity index (χ4n) is 2.33. The van der Waals surface area contributed by atoms with Crippen molar-refractivity contribution < 1.29 is 0 Å². The van der Waals surface area contributed by atoms with E-state index in [0.717, 1.165) is 23.4 Å². The van der Waals surface area contributed by atoms with Crippen LogP contribution in [0.25, 0.3) is 10.9 Å². The SMILES string of the molecule is Cc1cc(CNc2ccc([NH])cc2)c2ccccc2n1. The zero-order valence-corrected chi connectivity index (χ0v) is 11.4. The molecule has 3 aromatic rings. The van der Waals surface area contributed by atoms with Crippen molar-refractivity contribution in [3.8, 4) is 0 Å². The lowest BCUT2D eigenvalue weighted by Gasteiger charge is -2.10. The molecule has 1 heterocycles. The average molecular weight is 262 g/mol. The van der Waals surface area contributed by atoms with Crippen LogP contribution in [0.1, 0.15) is 11.3 Å². The molecule has 0 amide bonds. The van der Waals surface area contributed by atoms with Crippen molar-refractivity contribution in [1.29, 1.82) is 0 Å². The summed E-state index contributed by atoms with van der Waals surface area (Å²) in [5, 5.41) is 4.58. The number of fused-ring (bicyclic) bond motifs is 1. The topological polar surface area (TPSA) is 48.7 Å². The van der Waals surface area contributed by atoms with Crippen LogP contribution < -0.4 is 11.1 Å². The Morgan fingerprint density at radius 3 is 2.60 bits per heavy atom. The van der Waals surface area contributed by atoms with Crippen LogP contribution in [0.4, 0.5) is 11.4 Å². The van der Waals surface area contributed by atoms with E-state index >= 15 is 0 Å². The van der Waals surface area contributed by atoms with E-state index in [2.05, 4.69) is 22.4 Å². The van der Waals surface area contributed by atoms with Crippen LogP contribution in [0.5, 0.6) is 0 Å². The van der Waals surface area contributed by atoms with E-state index in [9.17, 15) is 0 Å². The molecule has 2 N–H and O–H groups in total. The highest BCUT2D eigenvalue weighted by Crippen LogP contribution is 2.20. The second-order valence-electron chi connectivity index (χ2n) is 4.87. The third-order valence-corrected chi connectivity index (χ3v) is 3.30. The number of rotatable bonds is 3. The van der Waals surface area contributed by atoms with Crippen LogP contribution in [0.2, 0.25) is 0 Å². The van der Waals surface area contributed by atoms with Gasteiger partial charge in [0.25, 0.3) is 0 Å². The highest BCUT2D eigenvalue weighted by molar-refractivity contribution is 5.82. The number of pyridine rings is 1. The lowest BCUT2D eigenvalue weighted by Crippen LogP contribution is -2.01. The van der Waals surface area contributed by atoms with Gasteiger partial charge in [-0.3, -0.25) is 4.98 Å². The van der Waals surface area contributed by atoms with Crippen molar-refractivity contribution in [3.63, 3.8) is 0 Å². The summed E-state index contributed by atoms with van der Waals surface area (Å²) in [6, 6.07) is 17.8. The van der Waals surface area contributed by atoms with E-state index in [1.54, 1.807) is 12.1 Å². The van der Waals surface area contributed by atoms with E-state index in [0.29, 0.717) is 5.69 Å². The molecule has 0 spiro atoms. The van der Waals surface area contributed by atoms with Gasteiger partial charge in [-0.2, -0.15) is 0 Å². The maximum atomic E-state index is 7.49.